The summed E-state index contributed by atoms with van der Waals surface area (Å²) in [5.41, 5.74) is 6.90. The van der Waals surface area contributed by atoms with E-state index in [1.165, 1.54) is 30.9 Å². The molecule has 10 rings (SSSR count). The standard InChI is InChI=1S/C50H47ClF2N12O3/c1-30(33-4-3-5-36(23-33)68-2)59-50(67)65-20-16-63(17-21-65)48-40-26-44(61-46(40)56-29-58-48)34-9-13-42(53)38(24-34)37-22-31(6-12-41(37)51)27-54-49(66)64-18-14-62(15-19-64)47-39-25-43(60-45(39)55-28-57-47)32-7-10-35(52)11-8-32/h3-13,22-26,28-30H,14-21,27H2,1-2H3,(H,54,66)(H,59,67)(H,55,57,60)(H,56,58,61)/t30-/m1/s1. The Morgan fingerprint density at radius 1 is 0.691 bits per heavy atom. The van der Waals surface area contributed by atoms with Gasteiger partial charge in [-0.15, -0.1) is 0 Å². The number of nitrogens with one attached hydrogen (secondary N) is 4. The highest BCUT2D eigenvalue weighted by molar-refractivity contribution is 6.33. The van der Waals surface area contributed by atoms with Crippen molar-refractivity contribution < 1.29 is 23.1 Å². The van der Waals surface area contributed by atoms with Crippen molar-refractivity contribution in [2.75, 3.05) is 69.3 Å². The molecule has 2 aliphatic heterocycles. The molecular formula is C50H47ClF2N12O3. The van der Waals surface area contributed by atoms with Gasteiger partial charge in [0, 0.05) is 86.4 Å². The van der Waals surface area contributed by atoms with E-state index in [-0.39, 0.29) is 30.5 Å². The van der Waals surface area contributed by atoms with E-state index >= 15 is 4.39 Å². The van der Waals surface area contributed by atoms with Crippen LogP contribution in [0.4, 0.5) is 30.0 Å². The number of nitrogens with zero attached hydrogens (tertiary/aromatic N) is 8. The van der Waals surface area contributed by atoms with Crippen LogP contribution in [0.25, 0.3) is 55.7 Å². The number of methoxy groups -OCH3 is 1. The molecule has 0 saturated carbocycles. The number of fused-ring (bicyclic) bond motifs is 2. The van der Waals surface area contributed by atoms with Gasteiger partial charge in [0.2, 0.25) is 0 Å². The first-order valence-electron chi connectivity index (χ1n) is 22.3. The monoisotopic (exact) mass is 936 g/mol. The lowest BCUT2D eigenvalue weighted by atomic mass is 9.99. The summed E-state index contributed by atoms with van der Waals surface area (Å²) in [6.07, 6.45) is 3.03. The molecule has 0 radical (unpaired) electrons. The summed E-state index contributed by atoms with van der Waals surface area (Å²) in [7, 11) is 1.62. The quantitative estimate of drug-likeness (QED) is 0.105. The zero-order valence-corrected chi connectivity index (χ0v) is 38.0. The number of benzene rings is 4. The molecule has 2 saturated heterocycles. The second-order valence-corrected chi connectivity index (χ2v) is 17.3. The minimum atomic E-state index is -0.446. The maximum absolute atomic E-state index is 15.7. The Morgan fingerprint density at radius 3 is 1.93 bits per heavy atom. The number of rotatable bonds is 10. The first kappa shape index (κ1) is 44.1. The molecule has 0 unspecified atom stereocenters. The van der Waals surface area contributed by atoms with Gasteiger partial charge in [0.1, 0.15) is 53.0 Å². The van der Waals surface area contributed by atoms with Gasteiger partial charge in [-0.1, -0.05) is 29.8 Å². The van der Waals surface area contributed by atoms with Crippen LogP contribution >= 0.6 is 11.6 Å². The number of halogens is 3. The molecule has 346 valence electrons. The second kappa shape index (κ2) is 18.8. The van der Waals surface area contributed by atoms with Crippen molar-refractivity contribution in [2.24, 2.45) is 0 Å². The van der Waals surface area contributed by atoms with Gasteiger partial charge < -0.3 is 44.9 Å². The smallest absolute Gasteiger partial charge is 0.317 e. The van der Waals surface area contributed by atoms with E-state index in [9.17, 15) is 14.0 Å². The van der Waals surface area contributed by atoms with Crippen LogP contribution in [0.1, 0.15) is 24.1 Å². The molecule has 4 aromatic carbocycles. The molecule has 4 amide bonds. The van der Waals surface area contributed by atoms with E-state index in [1.807, 2.05) is 54.3 Å². The van der Waals surface area contributed by atoms with Crippen LogP contribution in [0.5, 0.6) is 5.75 Å². The number of aromatic nitrogens is 6. The number of anilines is 2. The summed E-state index contributed by atoms with van der Waals surface area (Å²) in [6.45, 7) is 6.38. The highest BCUT2D eigenvalue weighted by Crippen LogP contribution is 2.36. The van der Waals surface area contributed by atoms with Crippen molar-refractivity contribution in [1.29, 1.82) is 0 Å². The lowest BCUT2D eigenvalue weighted by Crippen LogP contribution is -2.52. The van der Waals surface area contributed by atoms with Gasteiger partial charge in [0.05, 0.1) is 23.9 Å². The summed E-state index contributed by atoms with van der Waals surface area (Å²) in [5.74, 6) is 1.49. The predicted molar refractivity (Wildman–Crippen MR) is 259 cm³/mol. The number of ether oxygens (including phenoxy) is 1. The van der Waals surface area contributed by atoms with Gasteiger partial charge in [-0.25, -0.2) is 38.3 Å². The van der Waals surface area contributed by atoms with Gasteiger partial charge >= 0.3 is 12.1 Å². The van der Waals surface area contributed by atoms with E-state index in [2.05, 4.69) is 50.3 Å². The first-order chi connectivity index (χ1) is 33.1. The molecule has 1 atom stereocenters. The molecule has 2 fully saturated rings. The average molecular weight is 937 g/mol. The lowest BCUT2D eigenvalue weighted by molar-refractivity contribution is 0.191. The number of hydrogen-bond donors (Lipinski definition) is 4. The van der Waals surface area contributed by atoms with E-state index in [4.69, 9.17) is 16.3 Å². The van der Waals surface area contributed by atoms with Crippen molar-refractivity contribution in [3.63, 3.8) is 0 Å². The summed E-state index contributed by atoms with van der Waals surface area (Å²) in [4.78, 5) is 59.4. The number of carbonyl (C=O) groups excluding carboxylic acids is 2. The SMILES string of the molecule is COc1cccc([C@@H](C)NC(=O)N2CCN(c3ncnc4[nH]c(-c5ccc(F)c(-c6cc(CNC(=O)N7CCN(c8ncnc9[nH]c(-c%10ccc(F)cc%10)cc89)CC7)ccc6Cl)c5)cc34)CC2)c1. The minimum absolute atomic E-state index is 0.135. The topological polar surface area (TPSA) is 164 Å². The van der Waals surface area contributed by atoms with Crippen molar-refractivity contribution in [1.82, 2.24) is 50.3 Å². The molecule has 4 N–H and O–H groups in total. The Bertz CT molecular complexity index is 3150. The zero-order chi connectivity index (χ0) is 46.9. The maximum atomic E-state index is 15.7. The van der Waals surface area contributed by atoms with Crippen LogP contribution in [0, 0.1) is 11.6 Å². The number of carbonyl (C=O) groups is 2. The van der Waals surface area contributed by atoms with Gasteiger partial charge in [-0.05, 0) is 108 Å². The van der Waals surface area contributed by atoms with Gasteiger partial charge in [0.15, 0.2) is 0 Å². The molecule has 6 heterocycles. The van der Waals surface area contributed by atoms with Crippen molar-refractivity contribution in [3.05, 3.63) is 138 Å². The summed E-state index contributed by atoms with van der Waals surface area (Å²) < 4.78 is 34.6. The molecule has 15 nitrogen and oxygen atoms in total. The number of H-pyrrole nitrogens is 2. The number of aromatic amines is 2. The fourth-order valence-corrected chi connectivity index (χ4v) is 9.11. The molecule has 0 spiro atoms. The number of urea groups is 2. The fourth-order valence-electron chi connectivity index (χ4n) is 8.89. The molecule has 0 aliphatic carbocycles. The number of amides is 4. The number of hydrogen-bond acceptors (Lipinski definition) is 9. The van der Waals surface area contributed by atoms with Gasteiger partial charge in [-0.2, -0.15) is 0 Å². The summed E-state index contributed by atoms with van der Waals surface area (Å²) in [6, 6.07) is 27.5. The Kier molecular flexibility index (Phi) is 12.2. The fraction of sp³-hybridized carbons (Fsp3) is 0.240. The van der Waals surface area contributed by atoms with Crippen LogP contribution in [0.2, 0.25) is 5.02 Å². The van der Waals surface area contributed by atoms with E-state index < -0.39 is 5.82 Å². The third kappa shape index (κ3) is 9.04. The Hall–Kier alpha value is -7.79. The summed E-state index contributed by atoms with van der Waals surface area (Å²) >= 11 is 6.73. The Morgan fingerprint density at radius 2 is 1.29 bits per heavy atom. The molecule has 8 aromatic rings. The van der Waals surface area contributed by atoms with Crippen LogP contribution < -0.4 is 25.2 Å². The average Bonchev–Trinajstić information content (AvgIpc) is 4.02. The summed E-state index contributed by atoms with van der Waals surface area (Å²) in [5, 5.41) is 8.15. The Balaban J connectivity index is 0.774. The normalized spacial score (nSPS) is 14.7. The van der Waals surface area contributed by atoms with Crippen LogP contribution in [-0.2, 0) is 6.54 Å². The van der Waals surface area contributed by atoms with Crippen LogP contribution in [-0.4, -0.2) is 111 Å². The largest absolute Gasteiger partial charge is 0.497 e. The second-order valence-electron chi connectivity index (χ2n) is 16.9. The van der Waals surface area contributed by atoms with Gasteiger partial charge in [0.25, 0.3) is 0 Å². The van der Waals surface area contributed by atoms with Crippen molar-refractivity contribution in [3.8, 4) is 39.4 Å². The molecule has 18 heteroatoms. The maximum Gasteiger partial charge on any atom is 0.317 e. The van der Waals surface area contributed by atoms with Crippen molar-refractivity contribution >= 4 is 57.4 Å². The molecule has 0 bridgehead atoms. The molecular weight excluding hydrogens is 890 g/mol. The lowest BCUT2D eigenvalue weighted by Gasteiger charge is -2.36. The highest BCUT2D eigenvalue weighted by atomic mass is 35.5. The number of piperazine rings is 2. The van der Waals surface area contributed by atoms with Gasteiger partial charge in [-0.3, -0.25) is 0 Å². The van der Waals surface area contributed by atoms with Crippen LogP contribution in [0.3, 0.4) is 0 Å². The predicted octanol–water partition coefficient (Wildman–Crippen LogP) is 8.80. The minimum Gasteiger partial charge on any atom is -0.497 e. The van der Waals surface area contributed by atoms with Crippen LogP contribution in [0.15, 0.2) is 110 Å². The van der Waals surface area contributed by atoms with E-state index in [0.29, 0.717) is 79.8 Å². The third-order valence-corrected chi connectivity index (χ3v) is 13.0. The van der Waals surface area contributed by atoms with Crippen molar-refractivity contribution in [2.45, 2.75) is 19.5 Å². The molecule has 4 aromatic heterocycles. The molecule has 2 aliphatic rings. The third-order valence-electron chi connectivity index (χ3n) is 12.7. The first-order valence-corrected chi connectivity index (χ1v) is 22.7. The zero-order valence-electron chi connectivity index (χ0n) is 37.3. The highest BCUT2D eigenvalue weighted by Gasteiger charge is 2.27. The van der Waals surface area contributed by atoms with E-state index in [1.54, 1.807) is 48.4 Å². The Labute approximate surface area is 395 Å². The molecule has 68 heavy (non-hydrogen) atoms. The van der Waals surface area contributed by atoms with E-state index in [0.717, 1.165) is 61.8 Å².